The van der Waals surface area contributed by atoms with Gasteiger partial charge in [0.15, 0.2) is 0 Å². The second-order valence-corrected chi connectivity index (χ2v) is 19.4. The lowest BCUT2D eigenvalue weighted by Crippen LogP contribution is -2.58. The maximum Gasteiger partial charge on any atom is 0.408 e. The van der Waals surface area contributed by atoms with Gasteiger partial charge in [-0.1, -0.05) is 55.3 Å². The number of sulfonamides is 1. The number of benzene rings is 2. The molecule has 15 heteroatoms. The molecule has 0 bridgehead atoms. The van der Waals surface area contributed by atoms with Crippen molar-refractivity contribution in [2.45, 2.75) is 125 Å². The van der Waals surface area contributed by atoms with Gasteiger partial charge in [-0.25, -0.2) is 22.6 Å². The molecule has 2 aliphatic carbocycles. The van der Waals surface area contributed by atoms with E-state index in [9.17, 15) is 32.0 Å². The predicted octanol–water partition coefficient (Wildman–Crippen LogP) is 5.60. The van der Waals surface area contributed by atoms with Crippen molar-refractivity contribution in [2.75, 3.05) is 6.54 Å². The summed E-state index contributed by atoms with van der Waals surface area (Å²) in [6.07, 6.45) is 8.16. The van der Waals surface area contributed by atoms with Crippen molar-refractivity contribution in [3.63, 3.8) is 0 Å². The minimum absolute atomic E-state index is 0.0250. The molecular formula is C43H50FN5O8S. The van der Waals surface area contributed by atoms with E-state index in [2.05, 4.69) is 15.4 Å². The lowest BCUT2D eigenvalue weighted by atomic mass is 9.86. The van der Waals surface area contributed by atoms with E-state index in [-0.39, 0.29) is 25.8 Å². The number of para-hydroxylation sites is 1. The van der Waals surface area contributed by atoms with E-state index in [1.165, 1.54) is 17.0 Å². The highest BCUT2D eigenvalue weighted by Gasteiger charge is 2.63. The fourth-order valence-corrected chi connectivity index (χ4v) is 10.0. The van der Waals surface area contributed by atoms with Crippen LogP contribution in [0.1, 0.15) is 90.5 Å². The van der Waals surface area contributed by atoms with Gasteiger partial charge in [0.2, 0.25) is 21.8 Å². The average Bonchev–Trinajstić information content (AvgIpc) is 4.10. The Hall–Kier alpha value is -5.05. The molecule has 3 aromatic rings. The fourth-order valence-electron chi connectivity index (χ4n) is 8.66. The van der Waals surface area contributed by atoms with Crippen molar-refractivity contribution in [1.82, 2.24) is 25.2 Å². The number of aryl methyl sites for hydroxylation is 1. The van der Waals surface area contributed by atoms with Crippen LogP contribution in [0.5, 0.6) is 5.75 Å². The number of alkyl carbamates (subject to hydrolysis) is 1. The van der Waals surface area contributed by atoms with E-state index in [1.807, 2.05) is 36.4 Å². The van der Waals surface area contributed by atoms with E-state index in [0.29, 0.717) is 61.0 Å². The number of hydrogen-bond donors (Lipinski definition) is 3. The third-order valence-electron chi connectivity index (χ3n) is 11.9. The number of carbonyl (C=O) groups is 4. The molecule has 13 nitrogen and oxygen atoms in total. The second-order valence-electron chi connectivity index (χ2n) is 17.5. The molecule has 308 valence electrons. The zero-order valence-corrected chi connectivity index (χ0v) is 33.8. The highest BCUT2D eigenvalue weighted by atomic mass is 32.2. The van der Waals surface area contributed by atoms with Crippen LogP contribution in [-0.4, -0.2) is 82.7 Å². The minimum Gasteiger partial charge on any atom is -0.483 e. The maximum absolute atomic E-state index is 14.9. The molecule has 3 fully saturated rings. The molecule has 2 aromatic carbocycles. The monoisotopic (exact) mass is 815 g/mol. The Morgan fingerprint density at radius 1 is 1.03 bits per heavy atom. The number of nitrogens with zero attached hydrogens (tertiary/aromatic N) is 2. The van der Waals surface area contributed by atoms with Gasteiger partial charge in [-0.2, -0.15) is 0 Å². The Morgan fingerprint density at radius 3 is 2.59 bits per heavy atom. The van der Waals surface area contributed by atoms with Gasteiger partial charge in [0.1, 0.15) is 46.1 Å². The van der Waals surface area contributed by atoms with Crippen LogP contribution in [0, 0.1) is 11.7 Å². The van der Waals surface area contributed by atoms with Crippen LogP contribution < -0.4 is 20.1 Å². The minimum atomic E-state index is -3.93. The standard InChI is InChI=1S/C43H50FN5O8S/c1-41(2,3)57-40(53)46-33-17-8-6-4-5-7-13-27-23-43(27,39(52)48-58(54,55)29-18-19-29)47-37(50)34-24-42(25-49(34)38(33)51)21-20-31-30-15-9-10-16-32(30)45-35(36(31)56-42)26-12-11-14-28(44)22-26/h7,9-16,22,27,29,33-34H,4-6,8,17-21,23-25H2,1-3H3,(H,46,53)(H,47,50)(H,48,52)/b13-7-/t27?,33-,34-,42+,43+/m0/s1. The molecule has 58 heavy (non-hydrogen) atoms. The normalized spacial score (nSPS) is 28.1. The van der Waals surface area contributed by atoms with Crippen LogP contribution in [0.25, 0.3) is 22.2 Å². The molecule has 1 aromatic heterocycles. The van der Waals surface area contributed by atoms with Crippen molar-refractivity contribution in [3.8, 4) is 17.0 Å². The summed E-state index contributed by atoms with van der Waals surface area (Å²) in [7, 11) is -3.93. The van der Waals surface area contributed by atoms with E-state index in [1.54, 1.807) is 32.9 Å². The number of aromatic nitrogens is 1. The first-order chi connectivity index (χ1) is 27.6. The Balaban J connectivity index is 1.17. The Bertz CT molecular complexity index is 2310. The SMILES string of the molecule is CC(C)(C)OC(=O)N[C@H]1CCCCC/C=C\C2C[C@@]2(C(=O)NS(=O)(=O)C2CC2)NC(=O)[C@@H]2C[C@]3(CCc4c(c(-c5cccc(F)c5)nc5ccccc45)O3)CN2C1=O. The summed E-state index contributed by atoms with van der Waals surface area (Å²) in [5.41, 5.74) is -0.969. The van der Waals surface area contributed by atoms with E-state index < -0.39 is 79.6 Å². The van der Waals surface area contributed by atoms with Crippen molar-refractivity contribution in [1.29, 1.82) is 0 Å². The Labute approximate surface area is 337 Å². The first kappa shape index (κ1) is 39.8. The molecule has 1 saturated heterocycles. The molecule has 1 unspecified atom stereocenters. The van der Waals surface area contributed by atoms with E-state index in [4.69, 9.17) is 14.5 Å². The molecule has 4 heterocycles. The highest BCUT2D eigenvalue weighted by molar-refractivity contribution is 7.91. The highest BCUT2D eigenvalue weighted by Crippen LogP contribution is 2.49. The molecule has 5 atom stereocenters. The molecule has 5 aliphatic rings. The number of carbonyl (C=O) groups excluding carboxylic acids is 4. The van der Waals surface area contributed by atoms with Gasteiger partial charge >= 0.3 is 6.09 Å². The number of halogens is 1. The molecule has 1 spiro atoms. The van der Waals surface area contributed by atoms with Crippen LogP contribution >= 0.6 is 0 Å². The van der Waals surface area contributed by atoms with Crippen LogP contribution in [0.3, 0.4) is 0 Å². The third-order valence-corrected chi connectivity index (χ3v) is 13.7. The van der Waals surface area contributed by atoms with Crippen molar-refractivity contribution < 1.29 is 41.5 Å². The summed E-state index contributed by atoms with van der Waals surface area (Å²) in [6.45, 7) is 5.14. The molecule has 0 radical (unpaired) electrons. The molecule has 8 rings (SSSR count). The first-order valence-electron chi connectivity index (χ1n) is 20.3. The van der Waals surface area contributed by atoms with Gasteiger partial charge in [0.25, 0.3) is 5.91 Å². The summed E-state index contributed by atoms with van der Waals surface area (Å²) in [4.78, 5) is 63.0. The lowest BCUT2D eigenvalue weighted by molar-refractivity contribution is -0.141. The zero-order chi connectivity index (χ0) is 41.0. The Kier molecular flexibility index (Phi) is 10.3. The Morgan fingerprint density at radius 2 is 1.83 bits per heavy atom. The number of nitrogens with one attached hydrogen (secondary N) is 3. The number of hydrogen-bond acceptors (Lipinski definition) is 9. The second kappa shape index (κ2) is 15.0. The van der Waals surface area contributed by atoms with Gasteiger partial charge in [-0.05, 0) is 90.3 Å². The van der Waals surface area contributed by atoms with Gasteiger partial charge in [-0.15, -0.1) is 0 Å². The molecular weight excluding hydrogens is 766 g/mol. The van der Waals surface area contributed by atoms with Crippen molar-refractivity contribution in [3.05, 3.63) is 72.1 Å². The van der Waals surface area contributed by atoms with E-state index >= 15 is 0 Å². The predicted molar refractivity (Wildman–Crippen MR) is 213 cm³/mol. The summed E-state index contributed by atoms with van der Waals surface area (Å²) in [5, 5.41) is 5.93. The number of amides is 4. The number of ether oxygens (including phenoxy) is 2. The van der Waals surface area contributed by atoms with E-state index in [0.717, 1.165) is 23.8 Å². The fraction of sp³-hybridized carbons (Fsp3) is 0.512. The quantitative estimate of drug-likeness (QED) is 0.277. The van der Waals surface area contributed by atoms with Crippen LogP contribution in [0.15, 0.2) is 60.7 Å². The maximum atomic E-state index is 14.9. The summed E-state index contributed by atoms with van der Waals surface area (Å²) >= 11 is 0. The van der Waals surface area contributed by atoms with Gasteiger partial charge in [0.05, 0.1) is 17.3 Å². The van der Waals surface area contributed by atoms with Crippen LogP contribution in [0.2, 0.25) is 0 Å². The van der Waals surface area contributed by atoms with Crippen LogP contribution in [-0.2, 0) is 35.6 Å². The molecule has 4 amide bonds. The number of fused-ring (bicyclic) bond motifs is 5. The van der Waals surface area contributed by atoms with Crippen molar-refractivity contribution in [2.24, 2.45) is 5.92 Å². The summed E-state index contributed by atoms with van der Waals surface area (Å²) in [6, 6.07) is 11.5. The molecule has 3 aliphatic heterocycles. The van der Waals surface area contributed by atoms with Crippen LogP contribution in [0.4, 0.5) is 9.18 Å². The third kappa shape index (κ3) is 8.01. The summed E-state index contributed by atoms with van der Waals surface area (Å²) < 4.78 is 55.4. The average molecular weight is 816 g/mol. The van der Waals surface area contributed by atoms with Gasteiger partial charge in [-0.3, -0.25) is 19.1 Å². The number of allylic oxidation sites excluding steroid dienone is 1. The number of rotatable bonds is 5. The lowest BCUT2D eigenvalue weighted by Gasteiger charge is -2.37. The van der Waals surface area contributed by atoms with Gasteiger partial charge in [0, 0.05) is 28.9 Å². The number of pyridine rings is 1. The zero-order valence-electron chi connectivity index (χ0n) is 33.0. The molecule has 3 N–H and O–H groups in total. The smallest absolute Gasteiger partial charge is 0.408 e. The molecule has 2 saturated carbocycles. The topological polar surface area (TPSA) is 173 Å². The first-order valence-corrected chi connectivity index (χ1v) is 21.8. The summed E-state index contributed by atoms with van der Waals surface area (Å²) in [5.74, 6) is -2.41. The van der Waals surface area contributed by atoms with Gasteiger partial charge < -0.3 is 25.0 Å². The van der Waals surface area contributed by atoms with Crippen molar-refractivity contribution >= 4 is 44.7 Å². The largest absolute Gasteiger partial charge is 0.483 e.